The van der Waals surface area contributed by atoms with Crippen molar-refractivity contribution in [1.82, 2.24) is 5.32 Å². The van der Waals surface area contributed by atoms with Crippen LogP contribution < -0.4 is 10.2 Å². The van der Waals surface area contributed by atoms with Crippen molar-refractivity contribution in [2.24, 2.45) is 5.92 Å². The first-order valence-electron chi connectivity index (χ1n) is 6.53. The molecule has 0 saturated heterocycles. The number of hydrogen-bond donors (Lipinski definition) is 2. The predicted molar refractivity (Wildman–Crippen MR) is 77.2 cm³/mol. The normalized spacial score (nSPS) is 15.5. The van der Waals surface area contributed by atoms with Gasteiger partial charge in [-0.3, -0.25) is 9.69 Å². The number of carboxylic acids is 1. The number of nitrogens with one attached hydrogen (secondary N) is 1. The Balaban J connectivity index is 2.11. The third-order valence-corrected chi connectivity index (χ3v) is 3.61. The number of aliphatic carboxylic acids is 1. The quantitative estimate of drug-likeness (QED) is 0.878. The van der Waals surface area contributed by atoms with E-state index < -0.39 is 12.0 Å². The number of halogens is 1. The second kappa shape index (κ2) is 6.13. The highest BCUT2D eigenvalue weighted by Gasteiger charge is 2.30. The Bertz CT molecular complexity index is 500. The van der Waals surface area contributed by atoms with Gasteiger partial charge in [-0.25, -0.2) is 4.79 Å². The number of benzene rings is 1. The van der Waals surface area contributed by atoms with E-state index in [4.69, 9.17) is 16.7 Å². The van der Waals surface area contributed by atoms with Crippen LogP contribution in [0.4, 0.5) is 10.5 Å². The van der Waals surface area contributed by atoms with Gasteiger partial charge < -0.3 is 10.4 Å². The molecule has 0 aromatic heterocycles. The summed E-state index contributed by atoms with van der Waals surface area (Å²) >= 11 is 5.80. The van der Waals surface area contributed by atoms with Crippen molar-refractivity contribution in [3.05, 3.63) is 29.3 Å². The number of carboxylic acid groups (broad SMARTS) is 1. The average molecular weight is 297 g/mol. The lowest BCUT2D eigenvalue weighted by Gasteiger charge is -2.24. The third-order valence-electron chi connectivity index (χ3n) is 3.36. The molecular weight excluding hydrogens is 280 g/mol. The van der Waals surface area contributed by atoms with Crippen molar-refractivity contribution >= 4 is 29.3 Å². The van der Waals surface area contributed by atoms with Gasteiger partial charge in [-0.2, -0.15) is 0 Å². The van der Waals surface area contributed by atoms with E-state index in [1.807, 2.05) is 6.92 Å². The number of amides is 2. The number of urea groups is 1. The second-order valence-electron chi connectivity index (χ2n) is 5.03. The molecule has 1 fully saturated rings. The first-order chi connectivity index (χ1) is 9.47. The Morgan fingerprint density at radius 1 is 1.40 bits per heavy atom. The lowest BCUT2D eigenvalue weighted by Crippen LogP contribution is -2.46. The monoisotopic (exact) mass is 296 g/mol. The Kier molecular flexibility index (Phi) is 4.49. The van der Waals surface area contributed by atoms with Gasteiger partial charge in [0.25, 0.3) is 0 Å². The van der Waals surface area contributed by atoms with Crippen molar-refractivity contribution < 1.29 is 14.7 Å². The fourth-order valence-corrected chi connectivity index (χ4v) is 2.15. The molecule has 0 spiro atoms. The molecule has 1 aliphatic carbocycles. The van der Waals surface area contributed by atoms with E-state index in [0.717, 1.165) is 12.8 Å². The summed E-state index contributed by atoms with van der Waals surface area (Å²) in [6.07, 6.45) is 2.22. The van der Waals surface area contributed by atoms with Gasteiger partial charge in [0.1, 0.15) is 6.54 Å². The van der Waals surface area contributed by atoms with Crippen molar-refractivity contribution in [3.63, 3.8) is 0 Å². The van der Waals surface area contributed by atoms with Crippen LogP contribution >= 0.6 is 11.6 Å². The minimum absolute atomic E-state index is 0.0612. The Morgan fingerprint density at radius 3 is 2.50 bits per heavy atom. The van der Waals surface area contributed by atoms with Crippen molar-refractivity contribution in [1.29, 1.82) is 0 Å². The minimum atomic E-state index is -1.06. The molecule has 2 N–H and O–H groups in total. The fourth-order valence-electron chi connectivity index (χ4n) is 2.02. The zero-order valence-electron chi connectivity index (χ0n) is 11.2. The fraction of sp³-hybridized carbons (Fsp3) is 0.429. The highest BCUT2D eigenvalue weighted by molar-refractivity contribution is 6.30. The summed E-state index contributed by atoms with van der Waals surface area (Å²) in [6.45, 7) is 1.56. The van der Waals surface area contributed by atoms with Gasteiger partial charge in [0.05, 0.1) is 0 Å². The van der Waals surface area contributed by atoms with Gasteiger partial charge in [-0.05, 0) is 49.9 Å². The number of nitrogens with zero attached hydrogens (tertiary/aromatic N) is 1. The largest absolute Gasteiger partial charge is 0.480 e. The lowest BCUT2D eigenvalue weighted by atomic mass is 10.2. The number of carbonyl (C=O) groups excluding carboxylic acids is 1. The molecule has 5 nitrogen and oxygen atoms in total. The van der Waals surface area contributed by atoms with Gasteiger partial charge in [0.2, 0.25) is 0 Å². The SMILES string of the molecule is CC(NC(=O)N(CC(=O)O)c1ccc(Cl)cc1)C1CC1. The predicted octanol–water partition coefficient (Wildman–Crippen LogP) is 2.74. The van der Waals surface area contributed by atoms with Crippen LogP contribution in [0.1, 0.15) is 19.8 Å². The van der Waals surface area contributed by atoms with Crippen molar-refractivity contribution in [3.8, 4) is 0 Å². The smallest absolute Gasteiger partial charge is 0.323 e. The van der Waals surface area contributed by atoms with Crippen LogP contribution in [-0.4, -0.2) is 29.7 Å². The van der Waals surface area contributed by atoms with Crippen LogP contribution in [-0.2, 0) is 4.79 Å². The van der Waals surface area contributed by atoms with Crippen LogP contribution in [0.25, 0.3) is 0 Å². The van der Waals surface area contributed by atoms with Crippen LogP contribution in [0.2, 0.25) is 5.02 Å². The number of rotatable bonds is 5. The Hall–Kier alpha value is -1.75. The van der Waals surface area contributed by atoms with E-state index in [1.165, 1.54) is 4.90 Å². The average Bonchev–Trinajstić information content (AvgIpc) is 3.21. The van der Waals surface area contributed by atoms with Gasteiger partial charge in [-0.1, -0.05) is 11.6 Å². The molecule has 1 atom stereocenters. The molecule has 20 heavy (non-hydrogen) atoms. The molecule has 1 unspecified atom stereocenters. The Labute approximate surface area is 122 Å². The molecule has 1 aromatic rings. The molecule has 0 aliphatic heterocycles. The Morgan fingerprint density at radius 2 is 2.00 bits per heavy atom. The standard InChI is InChI=1S/C14H17ClN2O3/c1-9(10-2-3-10)16-14(20)17(8-13(18)19)12-6-4-11(15)5-7-12/h4-7,9-10H,2-3,8H2,1H3,(H,16,20)(H,18,19). The number of hydrogen-bond acceptors (Lipinski definition) is 2. The molecular formula is C14H17ClN2O3. The molecule has 6 heteroatoms. The van der Waals surface area contributed by atoms with Crippen molar-refractivity contribution in [2.45, 2.75) is 25.8 Å². The van der Waals surface area contributed by atoms with Gasteiger partial charge in [-0.15, -0.1) is 0 Å². The second-order valence-corrected chi connectivity index (χ2v) is 5.47. The van der Waals surface area contributed by atoms with Crippen LogP contribution in [0, 0.1) is 5.92 Å². The number of carbonyl (C=O) groups is 2. The third kappa shape index (κ3) is 3.87. The molecule has 1 saturated carbocycles. The van der Waals surface area contributed by atoms with E-state index in [-0.39, 0.29) is 12.6 Å². The minimum Gasteiger partial charge on any atom is -0.480 e. The summed E-state index contributed by atoms with van der Waals surface area (Å²) in [5.41, 5.74) is 0.511. The molecule has 108 valence electrons. The maximum atomic E-state index is 12.2. The summed E-state index contributed by atoms with van der Waals surface area (Å²) in [6, 6.07) is 6.19. The molecule has 2 amide bonds. The first-order valence-corrected chi connectivity index (χ1v) is 6.90. The molecule has 2 rings (SSSR count). The summed E-state index contributed by atoms with van der Waals surface area (Å²) in [4.78, 5) is 24.4. The summed E-state index contributed by atoms with van der Waals surface area (Å²) in [5.74, 6) is -0.551. The van der Waals surface area contributed by atoms with E-state index in [2.05, 4.69) is 5.32 Å². The molecule has 1 aromatic carbocycles. The maximum absolute atomic E-state index is 12.2. The maximum Gasteiger partial charge on any atom is 0.323 e. The van der Waals surface area contributed by atoms with Crippen LogP contribution in [0.15, 0.2) is 24.3 Å². The number of anilines is 1. The van der Waals surface area contributed by atoms with E-state index in [9.17, 15) is 9.59 Å². The van der Waals surface area contributed by atoms with Gasteiger partial charge in [0, 0.05) is 16.8 Å². The van der Waals surface area contributed by atoms with Gasteiger partial charge in [0.15, 0.2) is 0 Å². The zero-order chi connectivity index (χ0) is 14.7. The molecule has 1 aliphatic rings. The zero-order valence-corrected chi connectivity index (χ0v) is 11.9. The highest BCUT2D eigenvalue weighted by Crippen LogP contribution is 2.32. The molecule has 0 heterocycles. The lowest BCUT2D eigenvalue weighted by molar-refractivity contribution is -0.135. The first kappa shape index (κ1) is 14.7. The van der Waals surface area contributed by atoms with Crippen LogP contribution in [0.5, 0.6) is 0 Å². The topological polar surface area (TPSA) is 69.6 Å². The highest BCUT2D eigenvalue weighted by atomic mass is 35.5. The van der Waals surface area contributed by atoms with E-state index in [1.54, 1.807) is 24.3 Å². The molecule has 0 bridgehead atoms. The summed E-state index contributed by atoms with van der Waals surface area (Å²) < 4.78 is 0. The summed E-state index contributed by atoms with van der Waals surface area (Å²) in [5, 5.41) is 12.3. The van der Waals surface area contributed by atoms with Crippen molar-refractivity contribution in [2.75, 3.05) is 11.4 Å². The summed E-state index contributed by atoms with van der Waals surface area (Å²) in [7, 11) is 0. The molecule has 0 radical (unpaired) electrons. The van der Waals surface area contributed by atoms with Crippen LogP contribution in [0.3, 0.4) is 0 Å². The van der Waals surface area contributed by atoms with E-state index in [0.29, 0.717) is 16.6 Å². The van der Waals surface area contributed by atoms with Gasteiger partial charge >= 0.3 is 12.0 Å². The van der Waals surface area contributed by atoms with E-state index >= 15 is 0 Å².